The zero-order valence-electron chi connectivity index (χ0n) is 23.0. The Morgan fingerprint density at radius 1 is 1.10 bits per heavy atom. The maximum absolute atomic E-state index is 15.0. The molecule has 0 bridgehead atoms. The molecule has 0 unspecified atom stereocenters. The molecule has 2 aromatic heterocycles. The highest BCUT2D eigenvalue weighted by Gasteiger charge is 2.27. The van der Waals surface area contributed by atoms with Gasteiger partial charge in [-0.3, -0.25) is 9.59 Å². The summed E-state index contributed by atoms with van der Waals surface area (Å²) in [6.07, 6.45) is 1.36. The van der Waals surface area contributed by atoms with Gasteiger partial charge >= 0.3 is 5.97 Å². The molecule has 1 aliphatic heterocycles. The van der Waals surface area contributed by atoms with Crippen LogP contribution in [0.25, 0.3) is 21.6 Å². The molecule has 5 N–H and O–H groups in total. The number of hydrogen-bond acceptors (Lipinski definition) is 7. The van der Waals surface area contributed by atoms with Gasteiger partial charge in [-0.25, -0.2) is 14.2 Å². The Morgan fingerprint density at radius 3 is 2.62 bits per heavy atom. The molecule has 42 heavy (non-hydrogen) atoms. The first-order chi connectivity index (χ1) is 20.2. The number of aromatic carboxylic acids is 1. The molecule has 4 aromatic rings. The monoisotopic (exact) mass is 588 g/mol. The number of carbonyl (C=O) groups excluding carboxylic acids is 2. The van der Waals surface area contributed by atoms with E-state index < -0.39 is 29.3 Å². The average molecular weight is 589 g/mol. The number of carboxylic acids is 1. The molecule has 0 aliphatic carbocycles. The third kappa shape index (κ3) is 5.61. The van der Waals surface area contributed by atoms with Crippen LogP contribution in [0.5, 0.6) is 5.75 Å². The molecule has 0 saturated heterocycles. The van der Waals surface area contributed by atoms with Gasteiger partial charge in [-0.2, -0.15) is 0 Å². The first-order valence-electron chi connectivity index (χ1n) is 13.4. The number of nitrogens with zero attached hydrogens (tertiary/aromatic N) is 1. The Morgan fingerprint density at radius 2 is 1.90 bits per heavy atom. The number of ether oxygens (including phenoxy) is 1. The topological polar surface area (TPSA) is 144 Å². The minimum absolute atomic E-state index is 0.00863. The van der Waals surface area contributed by atoms with Crippen LogP contribution in [0.1, 0.15) is 61.4 Å². The number of nitrogens with one attached hydrogen (secondary N) is 2. The summed E-state index contributed by atoms with van der Waals surface area (Å²) in [5, 5.41) is 17.4. The molecular weight excluding hydrogens is 559 g/mol. The number of fused-ring (bicyclic) bond motifs is 3. The fraction of sp³-hybridized carbons (Fsp3) is 0.226. The summed E-state index contributed by atoms with van der Waals surface area (Å²) in [6.45, 7) is 4.49. The van der Waals surface area contributed by atoms with Crippen molar-refractivity contribution in [2.24, 2.45) is 5.73 Å². The zero-order chi connectivity index (χ0) is 30.0. The first-order valence-corrected chi connectivity index (χ1v) is 14.3. The van der Waals surface area contributed by atoms with Crippen LogP contribution in [0.15, 0.2) is 47.8 Å². The van der Waals surface area contributed by atoms with Crippen LogP contribution in [-0.2, 0) is 13.0 Å². The fourth-order valence-corrected chi connectivity index (χ4v) is 5.87. The lowest BCUT2D eigenvalue weighted by atomic mass is 9.93. The number of hydrogen-bond donors (Lipinski definition) is 4. The van der Waals surface area contributed by atoms with Gasteiger partial charge in [-0.1, -0.05) is 13.0 Å². The summed E-state index contributed by atoms with van der Waals surface area (Å²) in [7, 11) is 0. The van der Waals surface area contributed by atoms with Crippen LogP contribution in [0.4, 0.5) is 10.1 Å². The van der Waals surface area contributed by atoms with E-state index in [9.17, 15) is 19.5 Å². The number of aromatic nitrogens is 1. The summed E-state index contributed by atoms with van der Waals surface area (Å²) >= 11 is 1.50. The van der Waals surface area contributed by atoms with E-state index in [0.717, 1.165) is 10.4 Å². The van der Waals surface area contributed by atoms with Gasteiger partial charge in [-0.15, -0.1) is 11.3 Å². The molecule has 216 valence electrons. The normalized spacial score (nSPS) is 12.0. The highest BCUT2D eigenvalue weighted by molar-refractivity contribution is 7.13. The van der Waals surface area contributed by atoms with Gasteiger partial charge < -0.3 is 26.2 Å². The number of nitrogens with two attached hydrogens (primary N) is 1. The predicted molar refractivity (Wildman–Crippen MR) is 159 cm³/mol. The van der Waals surface area contributed by atoms with E-state index in [0.29, 0.717) is 48.4 Å². The Kier molecular flexibility index (Phi) is 8.32. The van der Waals surface area contributed by atoms with Crippen LogP contribution in [0, 0.1) is 12.7 Å². The molecule has 5 rings (SSSR count). The fourth-order valence-electron chi connectivity index (χ4n) is 4.89. The number of benzene rings is 2. The van der Waals surface area contributed by atoms with Crippen molar-refractivity contribution >= 4 is 34.8 Å². The third-order valence-electron chi connectivity index (χ3n) is 6.96. The van der Waals surface area contributed by atoms with E-state index >= 15 is 4.39 Å². The van der Waals surface area contributed by atoms with Gasteiger partial charge in [0.05, 0.1) is 12.3 Å². The van der Waals surface area contributed by atoms with Gasteiger partial charge in [0.15, 0.2) is 5.69 Å². The van der Waals surface area contributed by atoms with Crippen LogP contribution >= 0.6 is 11.3 Å². The van der Waals surface area contributed by atoms with E-state index in [1.165, 1.54) is 29.5 Å². The second-order valence-electron chi connectivity index (χ2n) is 9.85. The quantitative estimate of drug-likeness (QED) is 0.216. The summed E-state index contributed by atoms with van der Waals surface area (Å²) in [4.78, 5) is 43.9. The smallest absolute Gasteiger partial charge is 0.355 e. The van der Waals surface area contributed by atoms with E-state index in [1.54, 1.807) is 25.1 Å². The van der Waals surface area contributed by atoms with Gasteiger partial charge in [-0.05, 0) is 71.8 Å². The number of carbonyl (C=O) groups is 3. The molecular formula is C31H29FN4O5S. The average Bonchev–Trinajstić information content (AvgIpc) is 3.38. The van der Waals surface area contributed by atoms with Crippen molar-refractivity contribution in [3.05, 3.63) is 87.3 Å². The summed E-state index contributed by atoms with van der Waals surface area (Å²) in [5.74, 6) is -2.71. The van der Waals surface area contributed by atoms with Crippen LogP contribution in [0.2, 0.25) is 0 Å². The molecule has 1 aliphatic rings. The zero-order valence-corrected chi connectivity index (χ0v) is 23.9. The maximum atomic E-state index is 15.0. The summed E-state index contributed by atoms with van der Waals surface area (Å²) in [5.41, 5.74) is 8.40. The van der Waals surface area contributed by atoms with Crippen molar-refractivity contribution in [2.45, 2.75) is 33.2 Å². The highest BCUT2D eigenvalue weighted by atomic mass is 32.1. The number of pyridine rings is 1. The van der Waals surface area contributed by atoms with E-state index in [1.807, 2.05) is 18.4 Å². The van der Waals surface area contributed by atoms with Gasteiger partial charge in [0.25, 0.3) is 11.8 Å². The highest BCUT2D eigenvalue weighted by Crippen LogP contribution is 2.43. The largest absolute Gasteiger partial charge is 0.493 e. The minimum Gasteiger partial charge on any atom is -0.493 e. The molecule has 11 heteroatoms. The van der Waals surface area contributed by atoms with Crippen molar-refractivity contribution in [3.63, 3.8) is 0 Å². The van der Waals surface area contributed by atoms with Crippen molar-refractivity contribution in [2.75, 3.05) is 18.5 Å². The summed E-state index contributed by atoms with van der Waals surface area (Å²) in [6, 6.07) is 11.1. The van der Waals surface area contributed by atoms with Crippen LogP contribution in [-0.4, -0.2) is 41.0 Å². The van der Waals surface area contributed by atoms with Gasteiger partial charge in [0, 0.05) is 46.6 Å². The SMILES string of the molecule is CCCNC(=O)c1ccc(-c2cc3c(cc2C(=O)Nc2c(C)cc(CN)cc2F)-c2sccc2CCO3)c(C(=O)O)n1. The van der Waals surface area contributed by atoms with Crippen molar-refractivity contribution in [1.82, 2.24) is 10.3 Å². The number of carboxylic acid groups (broad SMARTS) is 1. The number of rotatable bonds is 8. The van der Waals surface area contributed by atoms with Crippen LogP contribution < -0.4 is 21.1 Å². The molecule has 0 saturated carbocycles. The lowest BCUT2D eigenvalue weighted by Gasteiger charge is -2.18. The Bertz CT molecular complexity index is 1690. The first kappa shape index (κ1) is 28.9. The Labute approximate surface area is 245 Å². The van der Waals surface area contributed by atoms with Crippen molar-refractivity contribution in [1.29, 1.82) is 0 Å². The molecule has 2 aromatic carbocycles. The molecule has 0 atom stereocenters. The second-order valence-corrected chi connectivity index (χ2v) is 10.8. The van der Waals surface area contributed by atoms with Gasteiger partial charge in [0.1, 0.15) is 17.3 Å². The minimum atomic E-state index is -1.38. The standard InChI is InChI=1S/C31H29FN4O5S/c1-3-8-34-30(38)24-5-4-19(27(35-24)31(39)40)20-14-25-22(28-18(6-9-41-25)7-10-42-28)13-21(20)29(37)36-26-16(2)11-17(15-33)12-23(26)32/h4-5,7,10-14H,3,6,8-9,15,33H2,1-2H3,(H,34,38)(H,36,37)(H,39,40). The number of anilines is 1. The number of amides is 2. The maximum Gasteiger partial charge on any atom is 0.355 e. The van der Waals surface area contributed by atoms with Crippen molar-refractivity contribution < 1.29 is 28.6 Å². The Balaban J connectivity index is 1.68. The molecule has 0 radical (unpaired) electrons. The van der Waals surface area contributed by atoms with E-state index in [4.69, 9.17) is 10.5 Å². The lowest BCUT2D eigenvalue weighted by Crippen LogP contribution is -2.25. The molecule has 9 nitrogen and oxygen atoms in total. The van der Waals surface area contributed by atoms with E-state index in [2.05, 4.69) is 15.6 Å². The molecule has 0 fully saturated rings. The molecule has 3 heterocycles. The predicted octanol–water partition coefficient (Wildman–Crippen LogP) is 5.41. The second kappa shape index (κ2) is 12.1. The molecule has 0 spiro atoms. The van der Waals surface area contributed by atoms with Gasteiger partial charge in [0.2, 0.25) is 0 Å². The number of aryl methyl sites for hydroxylation is 1. The third-order valence-corrected chi connectivity index (χ3v) is 7.95. The molecule has 2 amide bonds. The lowest BCUT2D eigenvalue weighted by molar-refractivity contribution is 0.0691. The van der Waals surface area contributed by atoms with Crippen molar-refractivity contribution in [3.8, 4) is 27.3 Å². The summed E-state index contributed by atoms with van der Waals surface area (Å²) < 4.78 is 21.1. The number of halogens is 1. The Hall–Kier alpha value is -4.61. The number of thiophene rings is 1. The van der Waals surface area contributed by atoms with Crippen LogP contribution in [0.3, 0.4) is 0 Å². The van der Waals surface area contributed by atoms with E-state index in [-0.39, 0.29) is 34.6 Å².